The van der Waals surface area contributed by atoms with Gasteiger partial charge >= 0.3 is 0 Å². The molecule has 4 rings (SSSR count). The molecule has 0 amide bonds. The number of aromatic hydroxyl groups is 2. The Hall–Kier alpha value is -3.47. The van der Waals surface area contributed by atoms with Crippen LogP contribution in [-0.4, -0.2) is 34.7 Å². The minimum absolute atomic E-state index is 0. The Morgan fingerprint density at radius 1 is 0.459 bits per heavy atom. The average Bonchev–Trinajstić information content (AvgIpc) is 2.92. The van der Waals surface area contributed by atoms with Crippen LogP contribution in [0.5, 0.6) is 11.5 Å². The van der Waals surface area contributed by atoms with E-state index in [0.29, 0.717) is 13.1 Å². The maximum atomic E-state index is 10.4. The van der Waals surface area contributed by atoms with Crippen molar-refractivity contribution < 1.29 is 31.9 Å². The molecule has 0 aromatic heterocycles. The largest absolute Gasteiger partial charge is 0.507 e. The molecule has 5 heteroatoms. The molecule has 4 aromatic rings. The topological polar surface area (TPSA) is 65.2 Å². The van der Waals surface area contributed by atoms with Crippen LogP contribution >= 0.6 is 0 Å². The van der Waals surface area contributed by atoms with Crippen LogP contribution in [0.15, 0.2) is 119 Å². The van der Waals surface area contributed by atoms with Gasteiger partial charge in [0.05, 0.1) is 11.4 Å². The molecule has 0 unspecified atom stereocenters. The first-order chi connectivity index (χ1) is 17.7. The van der Waals surface area contributed by atoms with Crippen molar-refractivity contribution in [2.45, 2.75) is 25.7 Å². The number of rotatable bonds is 11. The Kier molecular flexibility index (Phi) is 11.4. The summed E-state index contributed by atoms with van der Waals surface area (Å²) in [5.41, 5.74) is 5.19. The number of phenolic OH excluding ortho intramolecular Hbond substituents is 2. The molecule has 0 fully saturated rings. The van der Waals surface area contributed by atoms with Crippen molar-refractivity contribution >= 4 is 11.4 Å². The Balaban J connectivity index is 0.00000380. The predicted molar refractivity (Wildman–Crippen MR) is 149 cm³/mol. The summed E-state index contributed by atoms with van der Waals surface area (Å²) in [6.45, 7) is 1.41. The molecule has 2 N–H and O–H groups in total. The maximum Gasteiger partial charge on any atom is 0.124 e. The van der Waals surface area contributed by atoms with E-state index in [4.69, 9.17) is 9.98 Å². The summed E-state index contributed by atoms with van der Waals surface area (Å²) in [6.07, 6.45) is 4.05. The molecule has 0 saturated heterocycles. The van der Waals surface area contributed by atoms with E-state index in [2.05, 4.69) is 0 Å². The molecule has 0 spiro atoms. The molecular formula is C32H32N2O2Ti. The Labute approximate surface area is 234 Å². The molecule has 0 saturated carbocycles. The number of aliphatic imine (C=N–C) groups is 2. The van der Waals surface area contributed by atoms with E-state index in [-0.39, 0.29) is 33.2 Å². The first-order valence-electron chi connectivity index (χ1n) is 12.5. The van der Waals surface area contributed by atoms with E-state index in [0.717, 1.165) is 59.4 Å². The smallest absolute Gasteiger partial charge is 0.124 e. The molecule has 4 nitrogen and oxygen atoms in total. The first-order valence-corrected chi connectivity index (χ1v) is 12.5. The van der Waals surface area contributed by atoms with Crippen LogP contribution in [0.3, 0.4) is 0 Å². The average molecular weight is 524 g/mol. The summed E-state index contributed by atoms with van der Waals surface area (Å²) in [7, 11) is 0. The zero-order valence-electron chi connectivity index (χ0n) is 20.9. The number of hydrogen-bond acceptors (Lipinski definition) is 4. The van der Waals surface area contributed by atoms with E-state index in [9.17, 15) is 10.2 Å². The van der Waals surface area contributed by atoms with E-state index in [1.165, 1.54) is 0 Å². The quantitative estimate of drug-likeness (QED) is 0.126. The van der Waals surface area contributed by atoms with Gasteiger partial charge in [-0.15, -0.1) is 0 Å². The number of para-hydroxylation sites is 2. The van der Waals surface area contributed by atoms with Crippen LogP contribution in [0.25, 0.3) is 0 Å². The third-order valence-electron chi connectivity index (χ3n) is 6.02. The maximum absolute atomic E-state index is 10.4. The molecule has 0 bridgehead atoms. The minimum Gasteiger partial charge on any atom is -0.507 e. The summed E-state index contributed by atoms with van der Waals surface area (Å²) in [6, 6.07) is 34.8. The molecule has 0 aliphatic carbocycles. The van der Waals surface area contributed by atoms with Crippen molar-refractivity contribution in [1.82, 2.24) is 0 Å². The standard InChI is InChI=1S/C32H32N2O2.Ti/c35-29-21-11-9-19-27(29)31(25-15-5-3-6-16-25)33-23-13-1-2-14-24-34-32(26-17-7-4-8-18-26)28-20-10-12-22-30(28)36;/h3-12,15-22,35-36H,1-2,13-14,23-24H2;. The SMILES string of the molecule is Oc1ccccc1C(=NCCCCCCN=C(c1ccccc1)c1ccccc1O)c1ccccc1.[Ti]. The minimum atomic E-state index is 0. The van der Waals surface area contributed by atoms with Crippen LogP contribution < -0.4 is 0 Å². The second-order valence-corrected chi connectivity index (χ2v) is 8.64. The fourth-order valence-corrected chi connectivity index (χ4v) is 4.16. The monoisotopic (exact) mass is 524 g/mol. The summed E-state index contributed by atoms with van der Waals surface area (Å²) < 4.78 is 0. The molecule has 37 heavy (non-hydrogen) atoms. The summed E-state index contributed by atoms with van der Waals surface area (Å²) in [5, 5.41) is 20.7. The van der Waals surface area contributed by atoms with E-state index in [1.807, 2.05) is 97.1 Å². The van der Waals surface area contributed by atoms with Crippen LogP contribution in [0, 0.1) is 0 Å². The molecule has 0 aliphatic heterocycles. The molecular weight excluding hydrogens is 492 g/mol. The van der Waals surface area contributed by atoms with E-state index < -0.39 is 0 Å². The van der Waals surface area contributed by atoms with Crippen LogP contribution in [-0.2, 0) is 21.7 Å². The van der Waals surface area contributed by atoms with Gasteiger partial charge in [0.25, 0.3) is 0 Å². The van der Waals surface area contributed by atoms with Gasteiger partial charge in [-0.25, -0.2) is 0 Å². The van der Waals surface area contributed by atoms with Crippen molar-refractivity contribution in [1.29, 1.82) is 0 Å². The second-order valence-electron chi connectivity index (χ2n) is 8.64. The van der Waals surface area contributed by atoms with Gasteiger partial charge in [0.1, 0.15) is 11.5 Å². The second kappa shape index (κ2) is 14.9. The van der Waals surface area contributed by atoms with Crippen molar-refractivity contribution in [3.8, 4) is 11.5 Å². The summed E-state index contributed by atoms with van der Waals surface area (Å²) >= 11 is 0. The normalized spacial score (nSPS) is 11.7. The third kappa shape index (κ3) is 8.01. The van der Waals surface area contributed by atoms with Gasteiger partial charge in [-0.05, 0) is 37.1 Å². The van der Waals surface area contributed by atoms with Crippen molar-refractivity contribution in [3.63, 3.8) is 0 Å². The van der Waals surface area contributed by atoms with Crippen LogP contribution in [0.1, 0.15) is 47.9 Å². The molecule has 0 atom stereocenters. The fourth-order valence-electron chi connectivity index (χ4n) is 4.16. The Morgan fingerprint density at radius 3 is 1.19 bits per heavy atom. The molecule has 0 radical (unpaired) electrons. The summed E-state index contributed by atoms with van der Waals surface area (Å²) in [4.78, 5) is 9.72. The number of unbranched alkanes of at least 4 members (excludes halogenated alkanes) is 3. The zero-order chi connectivity index (χ0) is 25.0. The fraction of sp³-hybridized carbons (Fsp3) is 0.188. The van der Waals surface area contributed by atoms with E-state index in [1.54, 1.807) is 12.1 Å². The molecule has 0 heterocycles. The summed E-state index contributed by atoms with van der Waals surface area (Å²) in [5.74, 6) is 0.494. The van der Waals surface area contributed by atoms with Gasteiger partial charge < -0.3 is 10.2 Å². The third-order valence-corrected chi connectivity index (χ3v) is 6.02. The number of benzene rings is 4. The Morgan fingerprint density at radius 2 is 0.811 bits per heavy atom. The number of hydrogen-bond donors (Lipinski definition) is 2. The van der Waals surface area contributed by atoms with Gasteiger partial charge in [-0.1, -0.05) is 97.8 Å². The van der Waals surface area contributed by atoms with Gasteiger partial charge in [-0.3, -0.25) is 9.98 Å². The van der Waals surface area contributed by atoms with Crippen molar-refractivity contribution in [3.05, 3.63) is 131 Å². The number of nitrogens with zero attached hydrogens (tertiary/aromatic N) is 2. The molecule has 0 aliphatic rings. The first kappa shape index (κ1) is 28.1. The Bertz CT molecular complexity index is 1200. The van der Waals surface area contributed by atoms with Gasteiger partial charge in [0.15, 0.2) is 0 Å². The van der Waals surface area contributed by atoms with E-state index >= 15 is 0 Å². The van der Waals surface area contributed by atoms with Crippen molar-refractivity contribution in [2.75, 3.05) is 13.1 Å². The van der Waals surface area contributed by atoms with Gasteiger partial charge in [0.2, 0.25) is 0 Å². The number of phenols is 2. The molecule has 4 aromatic carbocycles. The zero-order valence-corrected chi connectivity index (χ0v) is 22.5. The van der Waals surface area contributed by atoms with Gasteiger partial charge in [-0.2, -0.15) is 0 Å². The van der Waals surface area contributed by atoms with Gasteiger partial charge in [0, 0.05) is 57.1 Å². The van der Waals surface area contributed by atoms with Crippen LogP contribution in [0.4, 0.5) is 0 Å². The molecule has 186 valence electrons. The predicted octanol–water partition coefficient (Wildman–Crippen LogP) is 7.03. The van der Waals surface area contributed by atoms with Crippen LogP contribution in [0.2, 0.25) is 0 Å². The van der Waals surface area contributed by atoms with Crippen molar-refractivity contribution in [2.24, 2.45) is 9.98 Å².